The molecule has 4 aromatic rings. The number of nitrogens with one attached hydrogen (secondary N) is 1. The highest BCUT2D eigenvalue weighted by molar-refractivity contribution is 5.89. The molecule has 0 fully saturated rings. The van der Waals surface area contributed by atoms with Crippen LogP contribution in [0.3, 0.4) is 0 Å². The molecule has 30 heavy (non-hydrogen) atoms. The van der Waals surface area contributed by atoms with Gasteiger partial charge in [0.25, 0.3) is 0 Å². The lowest BCUT2D eigenvalue weighted by molar-refractivity contribution is -0.121. The van der Waals surface area contributed by atoms with Crippen LogP contribution < -0.4 is 5.32 Å². The second-order valence-electron chi connectivity index (χ2n) is 7.62. The Bertz CT molecular complexity index is 1150. The lowest BCUT2D eigenvalue weighted by atomic mass is 9.92. The molecule has 3 nitrogen and oxygen atoms in total. The Labute approximate surface area is 177 Å². The van der Waals surface area contributed by atoms with Crippen molar-refractivity contribution in [2.24, 2.45) is 0 Å². The topological polar surface area (TPSA) is 49.3 Å². The van der Waals surface area contributed by atoms with Crippen molar-refractivity contribution in [2.75, 3.05) is 0 Å². The maximum absolute atomic E-state index is 12.9. The number of fused-ring (bicyclic) bond motifs is 1. The average molecular weight is 396 g/mol. The number of rotatable bonds is 6. The van der Waals surface area contributed by atoms with Crippen molar-refractivity contribution >= 4 is 16.7 Å². The van der Waals surface area contributed by atoms with Crippen LogP contribution in [0.4, 0.5) is 0 Å². The summed E-state index contributed by atoms with van der Waals surface area (Å²) in [4.78, 5) is 12.9. The van der Waals surface area contributed by atoms with Crippen LogP contribution in [0.1, 0.15) is 34.7 Å². The standard InChI is InChI=1S/C27H25NO2/c1-19-11-14-22(15-12-19)27(28-25(30)18-13-20-7-3-2-4-8-20)26-23-10-6-5-9-21(23)16-17-24(26)29/h2-12,14-17,27,29H,13,18H2,1H3,(H,28,30). The third-order valence-electron chi connectivity index (χ3n) is 5.44. The molecule has 2 N–H and O–H groups in total. The van der Waals surface area contributed by atoms with E-state index in [2.05, 4.69) is 5.32 Å². The van der Waals surface area contributed by atoms with E-state index in [9.17, 15) is 9.90 Å². The van der Waals surface area contributed by atoms with Gasteiger partial charge in [-0.05, 0) is 41.3 Å². The minimum absolute atomic E-state index is 0.0447. The molecule has 4 rings (SSSR count). The van der Waals surface area contributed by atoms with Crippen molar-refractivity contribution in [1.82, 2.24) is 5.32 Å². The Kier molecular flexibility index (Phi) is 5.80. The smallest absolute Gasteiger partial charge is 0.221 e. The number of amides is 1. The van der Waals surface area contributed by atoms with Gasteiger partial charge >= 0.3 is 0 Å². The van der Waals surface area contributed by atoms with Gasteiger partial charge in [0.1, 0.15) is 5.75 Å². The molecule has 0 aliphatic rings. The van der Waals surface area contributed by atoms with Gasteiger partial charge in [-0.3, -0.25) is 4.79 Å². The van der Waals surface area contributed by atoms with Crippen molar-refractivity contribution < 1.29 is 9.90 Å². The number of hydrogen-bond acceptors (Lipinski definition) is 2. The number of carbonyl (C=O) groups excluding carboxylic acids is 1. The van der Waals surface area contributed by atoms with Crippen LogP contribution >= 0.6 is 0 Å². The number of hydrogen-bond donors (Lipinski definition) is 2. The van der Waals surface area contributed by atoms with E-state index in [1.807, 2.05) is 91.9 Å². The molecule has 0 heterocycles. The van der Waals surface area contributed by atoms with Gasteiger partial charge < -0.3 is 10.4 Å². The van der Waals surface area contributed by atoms with E-state index in [0.717, 1.165) is 33.0 Å². The van der Waals surface area contributed by atoms with Gasteiger partial charge in [-0.1, -0.05) is 90.5 Å². The van der Waals surface area contributed by atoms with E-state index in [0.29, 0.717) is 12.8 Å². The van der Waals surface area contributed by atoms with Crippen molar-refractivity contribution in [3.63, 3.8) is 0 Å². The zero-order chi connectivity index (χ0) is 20.9. The Morgan fingerprint density at radius 3 is 2.33 bits per heavy atom. The summed E-state index contributed by atoms with van der Waals surface area (Å²) >= 11 is 0. The fraction of sp³-hybridized carbons (Fsp3) is 0.148. The van der Waals surface area contributed by atoms with E-state index >= 15 is 0 Å². The fourth-order valence-electron chi connectivity index (χ4n) is 3.80. The predicted molar refractivity (Wildman–Crippen MR) is 122 cm³/mol. The minimum Gasteiger partial charge on any atom is -0.508 e. The largest absolute Gasteiger partial charge is 0.508 e. The Hall–Kier alpha value is -3.59. The number of carbonyl (C=O) groups is 1. The third-order valence-corrected chi connectivity index (χ3v) is 5.44. The first-order chi connectivity index (χ1) is 14.6. The molecule has 1 atom stereocenters. The van der Waals surface area contributed by atoms with Gasteiger partial charge in [-0.2, -0.15) is 0 Å². The van der Waals surface area contributed by atoms with Gasteiger partial charge in [0.2, 0.25) is 5.91 Å². The van der Waals surface area contributed by atoms with Crippen LogP contribution in [0.25, 0.3) is 10.8 Å². The molecule has 0 spiro atoms. The Morgan fingerprint density at radius 1 is 0.867 bits per heavy atom. The van der Waals surface area contributed by atoms with Gasteiger partial charge in [-0.25, -0.2) is 0 Å². The van der Waals surface area contributed by atoms with Crippen molar-refractivity contribution in [2.45, 2.75) is 25.8 Å². The molecule has 1 unspecified atom stereocenters. The molecule has 0 saturated heterocycles. The molecular formula is C27H25NO2. The number of aromatic hydroxyl groups is 1. The maximum atomic E-state index is 12.9. The summed E-state index contributed by atoms with van der Waals surface area (Å²) in [5.41, 5.74) is 3.95. The first-order valence-corrected chi connectivity index (χ1v) is 10.2. The molecule has 0 radical (unpaired) electrons. The van der Waals surface area contributed by atoms with Gasteiger partial charge in [0, 0.05) is 12.0 Å². The highest BCUT2D eigenvalue weighted by Gasteiger charge is 2.22. The van der Waals surface area contributed by atoms with E-state index in [1.54, 1.807) is 6.07 Å². The average Bonchev–Trinajstić information content (AvgIpc) is 2.78. The number of phenols is 1. The lowest BCUT2D eigenvalue weighted by Gasteiger charge is -2.23. The van der Waals surface area contributed by atoms with Gasteiger partial charge in [-0.15, -0.1) is 0 Å². The van der Waals surface area contributed by atoms with Crippen molar-refractivity contribution in [3.05, 3.63) is 113 Å². The van der Waals surface area contributed by atoms with Gasteiger partial charge in [0.05, 0.1) is 6.04 Å². The second kappa shape index (κ2) is 8.83. The number of benzene rings is 4. The van der Waals surface area contributed by atoms with Crippen LogP contribution in [0.2, 0.25) is 0 Å². The summed E-state index contributed by atoms with van der Waals surface area (Å²) < 4.78 is 0. The molecule has 4 aromatic carbocycles. The molecular weight excluding hydrogens is 370 g/mol. The first kappa shape index (κ1) is 19.7. The minimum atomic E-state index is -0.431. The highest BCUT2D eigenvalue weighted by Crippen LogP contribution is 2.36. The summed E-state index contributed by atoms with van der Waals surface area (Å²) in [6, 6.07) is 29.2. The van der Waals surface area contributed by atoms with E-state index < -0.39 is 6.04 Å². The number of phenolic OH excluding ortho intramolecular Hbond substituents is 1. The molecule has 0 aliphatic heterocycles. The van der Waals surface area contributed by atoms with Crippen LogP contribution in [0, 0.1) is 6.92 Å². The molecule has 0 saturated carbocycles. The molecule has 1 amide bonds. The molecule has 0 aliphatic carbocycles. The number of aryl methyl sites for hydroxylation is 2. The zero-order valence-electron chi connectivity index (χ0n) is 17.0. The summed E-state index contributed by atoms with van der Waals surface area (Å²) in [6.07, 6.45) is 1.06. The van der Waals surface area contributed by atoms with Crippen molar-refractivity contribution in [1.29, 1.82) is 0 Å². The van der Waals surface area contributed by atoms with E-state index in [1.165, 1.54) is 0 Å². The summed E-state index contributed by atoms with van der Waals surface area (Å²) in [6.45, 7) is 2.03. The van der Waals surface area contributed by atoms with Crippen molar-refractivity contribution in [3.8, 4) is 5.75 Å². The van der Waals surface area contributed by atoms with Crippen LogP contribution in [-0.4, -0.2) is 11.0 Å². The molecule has 0 bridgehead atoms. The Balaban J connectivity index is 1.68. The van der Waals surface area contributed by atoms with Crippen LogP contribution in [-0.2, 0) is 11.2 Å². The zero-order valence-corrected chi connectivity index (χ0v) is 17.0. The molecule has 150 valence electrons. The summed E-state index contributed by atoms with van der Waals surface area (Å²) in [5, 5.41) is 15.9. The SMILES string of the molecule is Cc1ccc(C(NC(=O)CCc2ccccc2)c2c(O)ccc3ccccc23)cc1. The second-order valence-corrected chi connectivity index (χ2v) is 7.62. The fourth-order valence-corrected chi connectivity index (χ4v) is 3.80. The first-order valence-electron chi connectivity index (χ1n) is 10.2. The molecule has 0 aromatic heterocycles. The normalized spacial score (nSPS) is 11.9. The third kappa shape index (κ3) is 4.36. The quantitative estimate of drug-likeness (QED) is 0.440. The van der Waals surface area contributed by atoms with E-state index in [-0.39, 0.29) is 11.7 Å². The van der Waals surface area contributed by atoms with E-state index in [4.69, 9.17) is 0 Å². The van der Waals surface area contributed by atoms with Gasteiger partial charge in [0.15, 0.2) is 0 Å². The monoisotopic (exact) mass is 395 g/mol. The predicted octanol–water partition coefficient (Wildman–Crippen LogP) is 5.69. The Morgan fingerprint density at radius 2 is 1.57 bits per heavy atom. The molecule has 3 heteroatoms. The van der Waals surface area contributed by atoms with Crippen LogP contribution in [0.15, 0.2) is 91.0 Å². The van der Waals surface area contributed by atoms with Crippen LogP contribution in [0.5, 0.6) is 5.75 Å². The summed E-state index contributed by atoms with van der Waals surface area (Å²) in [5.74, 6) is 0.138. The highest BCUT2D eigenvalue weighted by atomic mass is 16.3. The maximum Gasteiger partial charge on any atom is 0.221 e. The lowest BCUT2D eigenvalue weighted by Crippen LogP contribution is -2.29. The summed E-state index contributed by atoms with van der Waals surface area (Å²) in [7, 11) is 0.